The van der Waals surface area contributed by atoms with Crippen LogP contribution in [-0.2, 0) is 14.8 Å². The maximum absolute atomic E-state index is 12.6. The molecule has 1 aliphatic rings. The summed E-state index contributed by atoms with van der Waals surface area (Å²) in [6.07, 6.45) is 4.03. The van der Waals surface area contributed by atoms with E-state index in [0.29, 0.717) is 36.2 Å². The van der Waals surface area contributed by atoms with Gasteiger partial charge < -0.3 is 5.32 Å². The van der Waals surface area contributed by atoms with Gasteiger partial charge in [-0.3, -0.25) is 4.79 Å². The maximum atomic E-state index is 12.6. The van der Waals surface area contributed by atoms with E-state index in [9.17, 15) is 13.2 Å². The highest BCUT2D eigenvalue weighted by Crippen LogP contribution is 2.26. The van der Waals surface area contributed by atoms with Gasteiger partial charge in [0.2, 0.25) is 15.9 Å². The van der Waals surface area contributed by atoms with Crippen molar-refractivity contribution in [3.8, 4) is 0 Å². The minimum absolute atomic E-state index is 0.111. The average Bonchev–Trinajstić information content (AvgIpc) is 2.61. The van der Waals surface area contributed by atoms with Crippen LogP contribution < -0.4 is 5.32 Å². The van der Waals surface area contributed by atoms with Crippen LogP contribution in [0.3, 0.4) is 0 Å². The molecule has 25 heavy (non-hydrogen) atoms. The van der Waals surface area contributed by atoms with Gasteiger partial charge in [0.05, 0.1) is 4.90 Å². The van der Waals surface area contributed by atoms with Gasteiger partial charge in [0.15, 0.2) is 0 Å². The molecule has 1 amide bonds. The van der Waals surface area contributed by atoms with Crippen molar-refractivity contribution in [1.29, 1.82) is 0 Å². The Morgan fingerprint density at radius 1 is 1.20 bits per heavy atom. The smallest absolute Gasteiger partial charge is 0.243 e. The number of carbonyl (C=O) groups excluding carboxylic acids is 1. The number of nitrogens with zero attached hydrogens (tertiary/aromatic N) is 1. The molecule has 1 aliphatic heterocycles. The lowest BCUT2D eigenvalue weighted by atomic mass is 9.93. The molecule has 0 aromatic heterocycles. The third-order valence-corrected chi connectivity index (χ3v) is 6.69. The molecule has 0 radical (unpaired) electrons. The summed E-state index contributed by atoms with van der Waals surface area (Å²) in [5.41, 5.74) is 0. The number of nitrogens with one attached hydrogen (secondary N) is 1. The Kier molecular flexibility index (Phi) is 7.44. The van der Waals surface area contributed by atoms with Crippen LogP contribution in [0.5, 0.6) is 0 Å². The molecule has 0 atom stereocenters. The second-order valence-corrected chi connectivity index (χ2v) is 9.17. The van der Waals surface area contributed by atoms with Crippen LogP contribution >= 0.6 is 0 Å². The molecular weight excluding hydrogens is 336 g/mol. The van der Waals surface area contributed by atoms with E-state index in [0.717, 1.165) is 32.2 Å². The second kappa shape index (κ2) is 9.34. The highest BCUT2D eigenvalue weighted by molar-refractivity contribution is 7.89. The van der Waals surface area contributed by atoms with Gasteiger partial charge in [-0.25, -0.2) is 8.42 Å². The summed E-state index contributed by atoms with van der Waals surface area (Å²) in [5, 5.41) is 2.96. The number of sulfonamides is 1. The minimum atomic E-state index is -3.38. The molecule has 2 rings (SSSR count). The Hall–Kier alpha value is -1.40. The lowest BCUT2D eigenvalue weighted by Gasteiger charge is -2.31. The Bertz CT molecular complexity index is 636. The highest BCUT2D eigenvalue weighted by atomic mass is 32.2. The van der Waals surface area contributed by atoms with Crippen LogP contribution in [0.1, 0.15) is 46.0 Å². The van der Waals surface area contributed by atoms with Crippen molar-refractivity contribution < 1.29 is 13.2 Å². The number of hydrogen-bond acceptors (Lipinski definition) is 3. The highest BCUT2D eigenvalue weighted by Gasteiger charge is 2.29. The molecule has 1 N–H and O–H groups in total. The molecule has 0 unspecified atom stereocenters. The zero-order valence-corrected chi connectivity index (χ0v) is 16.1. The summed E-state index contributed by atoms with van der Waals surface area (Å²) in [4.78, 5) is 12.2. The second-order valence-electron chi connectivity index (χ2n) is 7.23. The molecule has 1 saturated heterocycles. The largest absolute Gasteiger partial charge is 0.356 e. The summed E-state index contributed by atoms with van der Waals surface area (Å²) in [5.74, 6) is 1.13. The first-order valence-corrected chi connectivity index (χ1v) is 10.7. The number of hydrogen-bond donors (Lipinski definition) is 1. The predicted molar refractivity (Wildman–Crippen MR) is 99.6 cm³/mol. The lowest BCUT2D eigenvalue weighted by molar-refractivity contribution is -0.121. The van der Waals surface area contributed by atoms with E-state index in [-0.39, 0.29) is 5.91 Å². The topological polar surface area (TPSA) is 66.5 Å². The van der Waals surface area contributed by atoms with E-state index in [4.69, 9.17) is 0 Å². The Labute approximate surface area is 151 Å². The molecule has 0 aliphatic carbocycles. The molecule has 0 spiro atoms. The van der Waals surface area contributed by atoms with E-state index in [1.807, 2.05) is 6.07 Å². The standard InChI is InChI=1S/C19H30N2O3S/c1-16(2)10-13-20-19(22)9-8-17-11-14-21(15-12-17)25(23,24)18-6-4-3-5-7-18/h3-7,16-17H,8-15H2,1-2H3,(H,20,22). The fourth-order valence-corrected chi connectivity index (χ4v) is 4.59. The van der Waals surface area contributed by atoms with Crippen molar-refractivity contribution in [1.82, 2.24) is 9.62 Å². The molecule has 1 heterocycles. The number of rotatable bonds is 8. The maximum Gasteiger partial charge on any atom is 0.243 e. The summed E-state index contributed by atoms with van der Waals surface area (Å²) in [7, 11) is -3.38. The van der Waals surface area contributed by atoms with Gasteiger partial charge in [-0.05, 0) is 49.7 Å². The normalized spacial score (nSPS) is 16.9. The number of amides is 1. The zero-order chi connectivity index (χ0) is 18.3. The van der Waals surface area contributed by atoms with Gasteiger partial charge in [0.25, 0.3) is 0 Å². The van der Waals surface area contributed by atoms with Gasteiger partial charge >= 0.3 is 0 Å². The number of piperidine rings is 1. The Morgan fingerprint density at radius 2 is 1.84 bits per heavy atom. The van der Waals surface area contributed by atoms with Crippen molar-refractivity contribution in [2.24, 2.45) is 11.8 Å². The van der Waals surface area contributed by atoms with Crippen molar-refractivity contribution >= 4 is 15.9 Å². The predicted octanol–water partition coefficient (Wildman–Crippen LogP) is 3.03. The van der Waals surface area contributed by atoms with Gasteiger partial charge in [-0.15, -0.1) is 0 Å². The van der Waals surface area contributed by atoms with Gasteiger partial charge in [-0.2, -0.15) is 4.31 Å². The molecule has 0 bridgehead atoms. The summed E-state index contributed by atoms with van der Waals surface area (Å²) in [6.45, 7) is 6.10. The Balaban J connectivity index is 1.74. The number of benzene rings is 1. The minimum Gasteiger partial charge on any atom is -0.356 e. The van der Waals surface area contributed by atoms with Gasteiger partial charge in [0, 0.05) is 26.1 Å². The molecule has 6 heteroatoms. The van der Waals surface area contributed by atoms with Crippen molar-refractivity contribution in [2.75, 3.05) is 19.6 Å². The first-order chi connectivity index (χ1) is 11.9. The number of carbonyl (C=O) groups is 1. The molecule has 140 valence electrons. The van der Waals surface area contributed by atoms with Crippen LogP contribution in [0.15, 0.2) is 35.2 Å². The summed E-state index contributed by atoms with van der Waals surface area (Å²) in [6, 6.07) is 8.60. The van der Waals surface area contributed by atoms with Crippen molar-refractivity contribution in [2.45, 2.75) is 50.8 Å². The monoisotopic (exact) mass is 366 g/mol. The van der Waals surface area contributed by atoms with E-state index < -0.39 is 10.0 Å². The van der Waals surface area contributed by atoms with Crippen molar-refractivity contribution in [3.63, 3.8) is 0 Å². The quantitative estimate of drug-likeness (QED) is 0.769. The third-order valence-electron chi connectivity index (χ3n) is 4.78. The fraction of sp³-hybridized carbons (Fsp3) is 0.632. The molecule has 1 aromatic rings. The van der Waals surface area contributed by atoms with Crippen LogP contribution in [0.2, 0.25) is 0 Å². The zero-order valence-electron chi connectivity index (χ0n) is 15.3. The van der Waals surface area contributed by atoms with Gasteiger partial charge in [-0.1, -0.05) is 32.0 Å². The summed E-state index contributed by atoms with van der Waals surface area (Å²) < 4.78 is 26.8. The molecule has 1 fully saturated rings. The molecule has 1 aromatic carbocycles. The van der Waals surface area contributed by atoms with E-state index >= 15 is 0 Å². The fourth-order valence-electron chi connectivity index (χ4n) is 3.10. The molecular formula is C19H30N2O3S. The third kappa shape index (κ3) is 6.12. The van der Waals surface area contributed by atoms with Gasteiger partial charge in [0.1, 0.15) is 0 Å². The molecule has 0 saturated carbocycles. The lowest BCUT2D eigenvalue weighted by Crippen LogP contribution is -2.38. The Morgan fingerprint density at radius 3 is 2.44 bits per heavy atom. The molecule has 5 nitrogen and oxygen atoms in total. The van der Waals surface area contributed by atoms with E-state index in [1.165, 1.54) is 0 Å². The first kappa shape index (κ1) is 19.9. The van der Waals surface area contributed by atoms with Crippen LogP contribution in [0.25, 0.3) is 0 Å². The SMILES string of the molecule is CC(C)CCNC(=O)CCC1CCN(S(=O)(=O)c2ccccc2)CC1. The average molecular weight is 367 g/mol. The van der Waals surface area contributed by atoms with E-state index in [2.05, 4.69) is 19.2 Å². The first-order valence-electron chi connectivity index (χ1n) is 9.21. The van der Waals surface area contributed by atoms with Crippen LogP contribution in [0.4, 0.5) is 0 Å². The van der Waals surface area contributed by atoms with E-state index in [1.54, 1.807) is 28.6 Å². The van der Waals surface area contributed by atoms with Crippen LogP contribution in [0, 0.1) is 11.8 Å². The van der Waals surface area contributed by atoms with Crippen LogP contribution in [-0.4, -0.2) is 38.3 Å². The summed E-state index contributed by atoms with van der Waals surface area (Å²) >= 11 is 0. The van der Waals surface area contributed by atoms with Crippen molar-refractivity contribution in [3.05, 3.63) is 30.3 Å².